The van der Waals surface area contributed by atoms with Crippen molar-refractivity contribution in [3.8, 4) is 11.8 Å². The topological polar surface area (TPSA) is 55.0 Å². The lowest BCUT2D eigenvalue weighted by molar-refractivity contribution is 0.103. The molecule has 1 aromatic heterocycles. The number of carbonyl (C=O) groups excluding carboxylic acids is 1. The smallest absolute Gasteiger partial charge is 0.203 e. The Balaban J connectivity index is 2.37. The average molecular weight is 266 g/mol. The van der Waals surface area contributed by atoms with Crippen LogP contribution in [0.4, 0.5) is 0 Å². The molecule has 0 saturated carbocycles. The van der Waals surface area contributed by atoms with Crippen molar-refractivity contribution in [3.63, 3.8) is 0 Å². The fourth-order valence-electron chi connectivity index (χ4n) is 1.84. The molecular weight excluding hydrogens is 252 g/mol. The van der Waals surface area contributed by atoms with Gasteiger partial charge in [-0.25, -0.2) is 0 Å². The predicted octanol–water partition coefficient (Wildman–Crippen LogP) is 2.82. The second kappa shape index (κ2) is 5.89. The molecule has 0 aliphatic heterocycles. The largest absolute Gasteiger partial charge is 0.497 e. The molecule has 0 saturated heterocycles. The Labute approximate surface area is 117 Å². The van der Waals surface area contributed by atoms with E-state index in [1.165, 1.54) is 7.11 Å². The van der Waals surface area contributed by atoms with E-state index in [2.05, 4.69) is 0 Å². The number of nitrogens with zero attached hydrogens (tertiary/aromatic N) is 2. The van der Waals surface area contributed by atoms with Crippen LogP contribution in [0.1, 0.15) is 16.1 Å². The highest BCUT2D eigenvalue weighted by atomic mass is 16.5. The Hall–Kier alpha value is -2.80. The third-order valence-corrected chi connectivity index (χ3v) is 2.97. The van der Waals surface area contributed by atoms with Crippen molar-refractivity contribution >= 4 is 11.9 Å². The molecule has 2 aromatic rings. The summed E-state index contributed by atoms with van der Waals surface area (Å²) in [6.45, 7) is 0. The molecule has 0 bridgehead atoms. The van der Waals surface area contributed by atoms with E-state index in [0.29, 0.717) is 11.3 Å². The number of aromatic nitrogens is 1. The number of carbonyl (C=O) groups is 1. The first-order valence-corrected chi connectivity index (χ1v) is 6.07. The van der Waals surface area contributed by atoms with Crippen molar-refractivity contribution in [1.29, 1.82) is 5.26 Å². The number of hydrogen-bond acceptors (Lipinski definition) is 3. The second-order valence-corrected chi connectivity index (χ2v) is 4.27. The van der Waals surface area contributed by atoms with Gasteiger partial charge in [-0.15, -0.1) is 0 Å². The summed E-state index contributed by atoms with van der Waals surface area (Å²) < 4.78 is 6.93. The zero-order chi connectivity index (χ0) is 14.5. The minimum absolute atomic E-state index is 0.0973. The van der Waals surface area contributed by atoms with Gasteiger partial charge in [0.15, 0.2) is 0 Å². The van der Waals surface area contributed by atoms with Crippen molar-refractivity contribution in [2.45, 2.75) is 0 Å². The number of Topliss-reactive ketones (excluding diaryl/α,β-unsaturated/α-hetero) is 1. The van der Waals surface area contributed by atoms with E-state index in [1.54, 1.807) is 30.3 Å². The molecule has 100 valence electrons. The number of aryl methyl sites for hydroxylation is 1. The standard InChI is InChI=1S/C16H14N2O2/c1-18-8-4-6-14(18)9-13(11-17)16(19)12-5-3-7-15(10-12)20-2/h3-10H,1-2H3. The maximum Gasteiger partial charge on any atom is 0.203 e. The zero-order valence-corrected chi connectivity index (χ0v) is 11.3. The van der Waals surface area contributed by atoms with Crippen LogP contribution in [0.2, 0.25) is 0 Å². The summed E-state index contributed by atoms with van der Waals surface area (Å²) >= 11 is 0. The van der Waals surface area contributed by atoms with Crippen LogP contribution in [0, 0.1) is 11.3 Å². The Morgan fingerprint density at radius 3 is 2.75 bits per heavy atom. The van der Waals surface area contributed by atoms with Crippen LogP contribution >= 0.6 is 0 Å². The molecule has 4 nitrogen and oxygen atoms in total. The lowest BCUT2D eigenvalue weighted by atomic mass is 10.0. The summed E-state index contributed by atoms with van der Waals surface area (Å²) in [5.74, 6) is 0.277. The van der Waals surface area contributed by atoms with Gasteiger partial charge in [0.2, 0.25) is 5.78 Å². The number of hydrogen-bond donors (Lipinski definition) is 0. The SMILES string of the molecule is COc1cccc(C(=O)C(C#N)=Cc2cccn2C)c1. The molecule has 0 amide bonds. The fourth-order valence-corrected chi connectivity index (χ4v) is 1.84. The first-order chi connectivity index (χ1) is 9.65. The summed E-state index contributed by atoms with van der Waals surface area (Å²) in [7, 11) is 3.39. The van der Waals surface area contributed by atoms with E-state index >= 15 is 0 Å². The van der Waals surface area contributed by atoms with Crippen LogP contribution in [-0.2, 0) is 7.05 Å². The van der Waals surface area contributed by atoms with Crippen LogP contribution in [0.25, 0.3) is 6.08 Å². The van der Waals surface area contributed by atoms with E-state index < -0.39 is 0 Å². The molecule has 0 aliphatic rings. The lowest BCUT2D eigenvalue weighted by Gasteiger charge is -2.03. The van der Waals surface area contributed by atoms with E-state index in [4.69, 9.17) is 4.74 Å². The third kappa shape index (κ3) is 2.78. The van der Waals surface area contributed by atoms with Gasteiger partial charge in [0.25, 0.3) is 0 Å². The Kier molecular flexibility index (Phi) is 4.02. The number of ketones is 1. The van der Waals surface area contributed by atoms with Gasteiger partial charge in [0.05, 0.1) is 7.11 Å². The summed E-state index contributed by atoms with van der Waals surface area (Å²) in [4.78, 5) is 12.3. The molecule has 0 radical (unpaired) electrons. The van der Waals surface area contributed by atoms with Crippen molar-refractivity contribution in [3.05, 3.63) is 59.4 Å². The van der Waals surface area contributed by atoms with Gasteiger partial charge in [-0.1, -0.05) is 12.1 Å². The summed E-state index contributed by atoms with van der Waals surface area (Å²) in [5.41, 5.74) is 1.34. The number of benzene rings is 1. The van der Waals surface area contributed by atoms with Crippen LogP contribution in [0.15, 0.2) is 48.2 Å². The van der Waals surface area contributed by atoms with E-state index in [1.807, 2.05) is 36.0 Å². The average Bonchev–Trinajstić information content (AvgIpc) is 2.89. The molecule has 0 fully saturated rings. The van der Waals surface area contributed by atoms with Gasteiger partial charge in [-0.05, 0) is 30.3 Å². The van der Waals surface area contributed by atoms with Gasteiger partial charge in [-0.2, -0.15) is 5.26 Å². The highest BCUT2D eigenvalue weighted by Crippen LogP contribution is 2.17. The molecule has 0 N–H and O–H groups in total. The molecular formula is C16H14N2O2. The van der Waals surface area contributed by atoms with Gasteiger partial charge >= 0.3 is 0 Å². The highest BCUT2D eigenvalue weighted by molar-refractivity contribution is 6.14. The van der Waals surface area contributed by atoms with Crippen LogP contribution in [0.3, 0.4) is 0 Å². The molecule has 0 spiro atoms. The Bertz CT molecular complexity index is 705. The zero-order valence-electron chi connectivity index (χ0n) is 11.3. The molecule has 4 heteroatoms. The molecule has 2 rings (SSSR count). The summed E-state index contributed by atoms with van der Waals surface area (Å²) in [6, 6.07) is 12.4. The van der Waals surface area contributed by atoms with Crippen molar-refractivity contribution in [2.24, 2.45) is 7.05 Å². The quantitative estimate of drug-likeness (QED) is 0.486. The van der Waals surface area contributed by atoms with Gasteiger partial charge in [-0.3, -0.25) is 4.79 Å². The summed E-state index contributed by atoms with van der Waals surface area (Å²) in [5, 5.41) is 9.19. The fraction of sp³-hybridized carbons (Fsp3) is 0.125. The van der Waals surface area contributed by atoms with Crippen LogP contribution in [0.5, 0.6) is 5.75 Å². The maximum atomic E-state index is 12.3. The third-order valence-electron chi connectivity index (χ3n) is 2.97. The lowest BCUT2D eigenvalue weighted by Crippen LogP contribution is -2.03. The van der Waals surface area contributed by atoms with Crippen molar-refractivity contribution in [2.75, 3.05) is 7.11 Å². The Morgan fingerprint density at radius 1 is 1.35 bits per heavy atom. The summed E-state index contributed by atoms with van der Waals surface area (Å²) in [6.07, 6.45) is 3.44. The molecule has 20 heavy (non-hydrogen) atoms. The molecule has 0 unspecified atom stereocenters. The monoisotopic (exact) mass is 266 g/mol. The van der Waals surface area contributed by atoms with Crippen molar-refractivity contribution < 1.29 is 9.53 Å². The van der Waals surface area contributed by atoms with Crippen molar-refractivity contribution in [1.82, 2.24) is 4.57 Å². The van der Waals surface area contributed by atoms with E-state index in [-0.39, 0.29) is 11.4 Å². The van der Waals surface area contributed by atoms with E-state index in [0.717, 1.165) is 5.69 Å². The predicted molar refractivity (Wildman–Crippen MR) is 76.3 cm³/mol. The molecule has 0 atom stereocenters. The number of allylic oxidation sites excluding steroid dienone is 1. The van der Waals surface area contributed by atoms with Gasteiger partial charge in [0, 0.05) is 24.5 Å². The van der Waals surface area contributed by atoms with Gasteiger partial charge < -0.3 is 9.30 Å². The minimum atomic E-state index is -0.312. The minimum Gasteiger partial charge on any atom is -0.497 e. The number of rotatable bonds is 4. The molecule has 1 aromatic carbocycles. The number of nitriles is 1. The first kappa shape index (κ1) is 13.6. The van der Waals surface area contributed by atoms with Crippen LogP contribution < -0.4 is 4.74 Å². The molecule has 0 aliphatic carbocycles. The first-order valence-electron chi connectivity index (χ1n) is 6.07. The maximum absolute atomic E-state index is 12.3. The molecule has 1 heterocycles. The van der Waals surface area contributed by atoms with E-state index in [9.17, 15) is 10.1 Å². The Morgan fingerprint density at radius 2 is 2.15 bits per heavy atom. The van der Waals surface area contributed by atoms with Gasteiger partial charge in [0.1, 0.15) is 17.4 Å². The normalized spacial score (nSPS) is 10.9. The highest BCUT2D eigenvalue weighted by Gasteiger charge is 2.13. The number of methoxy groups -OCH3 is 1. The number of ether oxygens (including phenoxy) is 1. The second-order valence-electron chi connectivity index (χ2n) is 4.27. The van der Waals surface area contributed by atoms with Crippen LogP contribution in [-0.4, -0.2) is 17.5 Å².